The fourth-order valence-electron chi connectivity index (χ4n) is 5.69. The molecule has 0 amide bonds. The first kappa shape index (κ1) is 31.2. The van der Waals surface area contributed by atoms with Gasteiger partial charge in [0.25, 0.3) is 0 Å². The van der Waals surface area contributed by atoms with Crippen molar-refractivity contribution >= 4 is 34.9 Å². The van der Waals surface area contributed by atoms with E-state index in [9.17, 15) is 20.0 Å². The minimum absolute atomic E-state index is 0.000329. The first-order chi connectivity index (χ1) is 20.9. The number of carbonyl (C=O) groups is 2. The van der Waals surface area contributed by atoms with Gasteiger partial charge in [-0.3, -0.25) is 9.59 Å². The number of rotatable bonds is 12. The highest BCUT2D eigenvalue weighted by Gasteiger charge is 2.64. The molecule has 0 aromatic heterocycles. The van der Waals surface area contributed by atoms with Crippen LogP contribution < -0.4 is 15.9 Å². The largest absolute Gasteiger partial charge is 0.478 e. The van der Waals surface area contributed by atoms with Crippen molar-refractivity contribution in [3.8, 4) is 6.07 Å². The molecule has 4 aromatic carbocycles. The zero-order valence-corrected chi connectivity index (χ0v) is 25.4. The van der Waals surface area contributed by atoms with Crippen LogP contribution in [0, 0.1) is 17.2 Å². The highest BCUT2D eigenvalue weighted by atomic mass is 31.2. The Hall–Kier alpha value is -4.72. The molecule has 0 saturated heterocycles. The van der Waals surface area contributed by atoms with Crippen LogP contribution in [0.15, 0.2) is 133 Å². The van der Waals surface area contributed by atoms with Gasteiger partial charge in [-0.1, -0.05) is 84.9 Å². The lowest BCUT2D eigenvalue weighted by Gasteiger charge is -2.38. The Balaban J connectivity index is 2.32. The van der Waals surface area contributed by atoms with Crippen LogP contribution in [0.5, 0.6) is 0 Å². The van der Waals surface area contributed by atoms with Crippen molar-refractivity contribution in [1.82, 2.24) is 0 Å². The van der Waals surface area contributed by atoms with Crippen molar-refractivity contribution in [2.75, 3.05) is 13.2 Å². The molecule has 0 fully saturated rings. The van der Waals surface area contributed by atoms with Gasteiger partial charge in [-0.2, -0.15) is 5.26 Å². The van der Waals surface area contributed by atoms with E-state index in [2.05, 4.69) is 6.07 Å². The lowest BCUT2D eigenvalue weighted by atomic mass is 9.68. The van der Waals surface area contributed by atoms with Crippen molar-refractivity contribution in [2.24, 2.45) is 5.92 Å². The quantitative estimate of drug-likeness (QED) is 0.124. The van der Waals surface area contributed by atoms with Gasteiger partial charge in [0.15, 0.2) is 22.4 Å². The minimum Gasteiger partial charge on any atom is -0.478 e. The predicted octanol–water partition coefficient (Wildman–Crippen LogP) is 5.97. The zero-order valence-electron chi connectivity index (χ0n) is 24.5. The Labute approximate surface area is 253 Å². The van der Waals surface area contributed by atoms with Gasteiger partial charge in [-0.05, 0) is 62.7 Å². The third-order valence-electron chi connectivity index (χ3n) is 7.48. The first-order valence-electron chi connectivity index (χ1n) is 14.2. The van der Waals surface area contributed by atoms with Crippen LogP contribution in [0.25, 0.3) is 0 Å². The average molecular weight is 593 g/mol. The Kier molecular flexibility index (Phi) is 10.1. The molecule has 1 N–H and O–H groups in total. The predicted molar refractivity (Wildman–Crippen MR) is 171 cm³/mol. The molecule has 6 nitrogen and oxygen atoms in total. The zero-order chi connectivity index (χ0) is 30.9. The monoisotopic (exact) mass is 592 g/mol. The molecule has 4 rings (SSSR count). The van der Waals surface area contributed by atoms with Crippen LogP contribution in [0.3, 0.4) is 0 Å². The maximum Gasteiger partial charge on any atom is 0.319 e. The summed E-state index contributed by atoms with van der Waals surface area (Å²) in [6.45, 7) is 4.76. The van der Waals surface area contributed by atoms with Gasteiger partial charge in [0, 0.05) is 0 Å². The normalized spacial score (nSPS) is 13.9. The van der Waals surface area contributed by atoms with Crippen molar-refractivity contribution in [3.05, 3.63) is 138 Å². The third kappa shape index (κ3) is 5.69. The number of aliphatic hydroxyl groups is 1. The van der Waals surface area contributed by atoms with Crippen LogP contribution in [-0.2, 0) is 24.5 Å². The maximum atomic E-state index is 14.4. The summed E-state index contributed by atoms with van der Waals surface area (Å²) in [5.74, 6) is -3.45. The molecular formula is C36H35NO5P+. The van der Waals surface area contributed by atoms with Crippen LogP contribution in [-0.4, -0.2) is 30.1 Å². The Morgan fingerprint density at radius 2 is 1.14 bits per heavy atom. The summed E-state index contributed by atoms with van der Waals surface area (Å²) in [7, 11) is -3.25. The number of carbonyl (C=O) groups excluding carboxylic acids is 2. The van der Waals surface area contributed by atoms with Crippen LogP contribution in [0.4, 0.5) is 0 Å². The van der Waals surface area contributed by atoms with Crippen molar-refractivity contribution < 1.29 is 24.2 Å². The number of nitrogens with zero attached hydrogens (tertiary/aromatic N) is 1. The second kappa shape index (κ2) is 14.0. The Morgan fingerprint density at radius 3 is 1.49 bits per heavy atom. The number of hydrogen-bond acceptors (Lipinski definition) is 6. The number of ether oxygens (including phenoxy) is 2. The second-order valence-corrected chi connectivity index (χ2v) is 13.2. The van der Waals surface area contributed by atoms with E-state index in [-0.39, 0.29) is 18.5 Å². The molecular weight excluding hydrogens is 557 g/mol. The molecule has 0 aliphatic rings. The van der Waals surface area contributed by atoms with Gasteiger partial charge in [0.2, 0.25) is 0 Å². The van der Waals surface area contributed by atoms with E-state index >= 15 is 0 Å². The van der Waals surface area contributed by atoms with E-state index in [1.54, 1.807) is 44.2 Å². The molecule has 2 unspecified atom stereocenters. The van der Waals surface area contributed by atoms with Crippen molar-refractivity contribution in [3.63, 3.8) is 0 Å². The van der Waals surface area contributed by atoms with Crippen molar-refractivity contribution in [2.45, 2.75) is 26.2 Å². The standard InChI is InChI=1S/C36H34NO5P/c1-4-41-34(39)32(36(26-37,27(3)38)28-18-10-6-11-19-28)33(35(40)42-5-2)43(29-20-12-7-13-21-29,30-22-14-8-15-23-30)31-24-16-9-17-25-31/h6-25,32H,4-5H2,1-3H3/p+1/b35-33-. The molecule has 0 radical (unpaired) electrons. The molecule has 43 heavy (non-hydrogen) atoms. The fourth-order valence-corrected chi connectivity index (χ4v) is 10.3. The molecule has 2 atom stereocenters. The molecule has 0 aliphatic carbocycles. The molecule has 0 heterocycles. The Morgan fingerprint density at radius 1 is 0.744 bits per heavy atom. The summed E-state index contributed by atoms with van der Waals surface area (Å²) in [4.78, 5) is 28.3. The number of ketones is 1. The van der Waals surface area contributed by atoms with E-state index in [0.29, 0.717) is 5.56 Å². The summed E-state index contributed by atoms with van der Waals surface area (Å²) in [5, 5.41) is 25.6. The molecule has 0 spiro atoms. The van der Waals surface area contributed by atoms with Gasteiger partial charge in [-0.25, -0.2) is 0 Å². The highest BCUT2D eigenvalue weighted by molar-refractivity contribution is 7.99. The smallest absolute Gasteiger partial charge is 0.319 e. The van der Waals surface area contributed by atoms with Crippen LogP contribution in [0.1, 0.15) is 26.3 Å². The molecule has 218 valence electrons. The van der Waals surface area contributed by atoms with Crippen molar-refractivity contribution in [1.29, 1.82) is 5.26 Å². The fraction of sp³-hybridized carbons (Fsp3) is 0.194. The van der Waals surface area contributed by atoms with E-state index in [4.69, 9.17) is 9.47 Å². The van der Waals surface area contributed by atoms with Gasteiger partial charge in [-0.15, -0.1) is 0 Å². The number of Topliss-reactive ketones (excluding diaryl/α,β-unsaturated/α-hetero) is 1. The van der Waals surface area contributed by atoms with Gasteiger partial charge < -0.3 is 14.6 Å². The van der Waals surface area contributed by atoms with E-state index < -0.39 is 36.3 Å². The number of esters is 1. The van der Waals surface area contributed by atoms with Gasteiger partial charge >= 0.3 is 11.9 Å². The van der Waals surface area contributed by atoms with E-state index in [1.807, 2.05) is 91.0 Å². The van der Waals surface area contributed by atoms with Crippen LogP contribution >= 0.6 is 7.26 Å². The molecule has 4 aromatic rings. The Bertz CT molecular complexity index is 1500. The molecule has 0 saturated carbocycles. The number of aliphatic hydroxyl groups excluding tert-OH is 1. The highest BCUT2D eigenvalue weighted by Crippen LogP contribution is 2.67. The topological polar surface area (TPSA) is 96.6 Å². The SMILES string of the molecule is CCOC(=O)C(/C(=C(\O)OCC)[P+](c1ccccc1)(c1ccccc1)c1ccccc1)C(C#N)(C(C)=O)c1ccccc1. The number of hydrogen-bond donors (Lipinski definition) is 1. The van der Waals surface area contributed by atoms with E-state index in [1.165, 1.54) is 6.92 Å². The van der Waals surface area contributed by atoms with E-state index in [0.717, 1.165) is 15.9 Å². The summed E-state index contributed by atoms with van der Waals surface area (Å²) >= 11 is 0. The van der Waals surface area contributed by atoms with Crippen LogP contribution in [0.2, 0.25) is 0 Å². The summed E-state index contributed by atoms with van der Waals surface area (Å²) in [6.07, 6.45) is 0. The molecule has 0 aliphatic heterocycles. The summed E-state index contributed by atoms with van der Waals surface area (Å²) in [5.41, 5.74) is -1.74. The molecule has 7 heteroatoms. The minimum atomic E-state index is -3.25. The average Bonchev–Trinajstić information content (AvgIpc) is 3.04. The number of benzene rings is 4. The lowest BCUT2D eigenvalue weighted by molar-refractivity contribution is -0.150. The number of nitriles is 1. The van der Waals surface area contributed by atoms with Gasteiger partial charge in [0.1, 0.15) is 23.2 Å². The second-order valence-electron chi connectivity index (χ2n) is 9.83. The maximum absolute atomic E-state index is 14.4. The van der Waals surface area contributed by atoms with Gasteiger partial charge in [0.05, 0.1) is 19.3 Å². The third-order valence-corrected chi connectivity index (χ3v) is 11.9. The summed E-state index contributed by atoms with van der Waals surface area (Å²) < 4.78 is 11.5. The summed E-state index contributed by atoms with van der Waals surface area (Å²) in [6, 6.07) is 39.4. The first-order valence-corrected chi connectivity index (χ1v) is 15.9. The lowest BCUT2D eigenvalue weighted by Crippen LogP contribution is -2.49. The molecule has 0 bridgehead atoms.